The Morgan fingerprint density at radius 1 is 1.26 bits per heavy atom. The standard InChI is InChI=1S/C17H22F3N3/c1-23-10-9-21-15(23)22-12-16(7-2-3-8-16)13-5-4-6-14(11-13)17(18,19)20/h4-6,11H,2-3,7-10,12H2,1H3,(H,21,22). The molecule has 1 aromatic rings. The number of rotatable bonds is 3. The fraction of sp³-hybridized carbons (Fsp3) is 0.588. The third-order valence-corrected chi connectivity index (χ3v) is 5.01. The lowest BCUT2D eigenvalue weighted by atomic mass is 9.78. The van der Waals surface area contributed by atoms with Crippen LogP contribution in [-0.4, -0.2) is 37.5 Å². The van der Waals surface area contributed by atoms with Gasteiger partial charge in [-0.2, -0.15) is 13.2 Å². The lowest BCUT2D eigenvalue weighted by Crippen LogP contribution is -2.43. The van der Waals surface area contributed by atoms with Crippen LogP contribution in [0.3, 0.4) is 0 Å². The highest BCUT2D eigenvalue weighted by Crippen LogP contribution is 2.42. The van der Waals surface area contributed by atoms with E-state index in [1.165, 1.54) is 12.1 Å². The summed E-state index contributed by atoms with van der Waals surface area (Å²) in [5.41, 5.74) is 0.00269. The molecule has 0 saturated heterocycles. The summed E-state index contributed by atoms with van der Waals surface area (Å²) in [6.07, 6.45) is -0.351. The van der Waals surface area contributed by atoms with Crippen LogP contribution in [0.2, 0.25) is 0 Å². The zero-order valence-corrected chi connectivity index (χ0v) is 13.3. The molecule has 1 saturated carbocycles. The largest absolute Gasteiger partial charge is 0.416 e. The number of hydrogen-bond donors (Lipinski definition) is 1. The van der Waals surface area contributed by atoms with Gasteiger partial charge in [0.25, 0.3) is 0 Å². The number of halogens is 3. The van der Waals surface area contributed by atoms with E-state index in [4.69, 9.17) is 0 Å². The van der Waals surface area contributed by atoms with Gasteiger partial charge in [-0.15, -0.1) is 0 Å². The molecule has 3 nitrogen and oxygen atoms in total. The van der Waals surface area contributed by atoms with Crippen LogP contribution in [0, 0.1) is 0 Å². The first kappa shape index (κ1) is 16.1. The van der Waals surface area contributed by atoms with E-state index >= 15 is 0 Å². The fourth-order valence-electron chi connectivity index (χ4n) is 3.62. The van der Waals surface area contributed by atoms with E-state index in [2.05, 4.69) is 15.2 Å². The van der Waals surface area contributed by atoms with Gasteiger partial charge in [0, 0.05) is 25.6 Å². The van der Waals surface area contributed by atoms with E-state index < -0.39 is 11.7 Å². The van der Waals surface area contributed by atoms with E-state index in [-0.39, 0.29) is 5.41 Å². The van der Waals surface area contributed by atoms with Crippen molar-refractivity contribution in [2.24, 2.45) is 4.99 Å². The number of alkyl halides is 3. The highest BCUT2D eigenvalue weighted by Gasteiger charge is 2.38. The molecule has 23 heavy (non-hydrogen) atoms. The normalized spacial score (nSPS) is 20.7. The van der Waals surface area contributed by atoms with Crippen LogP contribution < -0.4 is 5.32 Å². The zero-order valence-electron chi connectivity index (χ0n) is 13.3. The average molecular weight is 325 g/mol. The molecule has 1 aromatic carbocycles. The van der Waals surface area contributed by atoms with E-state index in [0.717, 1.165) is 56.4 Å². The smallest absolute Gasteiger partial charge is 0.355 e. The van der Waals surface area contributed by atoms with Crippen molar-refractivity contribution in [1.29, 1.82) is 0 Å². The van der Waals surface area contributed by atoms with Crippen molar-refractivity contribution in [2.45, 2.75) is 37.3 Å². The second kappa shape index (κ2) is 6.06. The van der Waals surface area contributed by atoms with Gasteiger partial charge in [0.2, 0.25) is 0 Å². The minimum atomic E-state index is -4.29. The summed E-state index contributed by atoms with van der Waals surface area (Å²) in [7, 11) is 1.98. The van der Waals surface area contributed by atoms with Gasteiger partial charge in [0.05, 0.1) is 12.1 Å². The van der Waals surface area contributed by atoms with Gasteiger partial charge in [-0.25, -0.2) is 0 Å². The number of aliphatic imine (C=N–C) groups is 1. The fourth-order valence-corrected chi connectivity index (χ4v) is 3.62. The Morgan fingerprint density at radius 2 is 2.00 bits per heavy atom. The molecule has 3 rings (SSSR count). The number of guanidine groups is 1. The Balaban J connectivity index is 1.83. The summed E-state index contributed by atoms with van der Waals surface area (Å²) in [5.74, 6) is 0.850. The molecule has 0 radical (unpaired) electrons. The van der Waals surface area contributed by atoms with E-state index in [1.54, 1.807) is 0 Å². The minimum Gasteiger partial charge on any atom is -0.355 e. The van der Waals surface area contributed by atoms with Crippen LogP contribution in [0.15, 0.2) is 29.3 Å². The van der Waals surface area contributed by atoms with Crippen LogP contribution >= 0.6 is 0 Å². The molecule has 0 atom stereocenters. The first-order valence-electron chi connectivity index (χ1n) is 8.08. The molecule has 6 heteroatoms. The maximum absolute atomic E-state index is 13.0. The molecule has 0 spiro atoms. The monoisotopic (exact) mass is 325 g/mol. The Kier molecular flexibility index (Phi) is 4.25. The molecule has 0 bridgehead atoms. The topological polar surface area (TPSA) is 27.6 Å². The Hall–Kier alpha value is -1.72. The van der Waals surface area contributed by atoms with Crippen LogP contribution in [-0.2, 0) is 11.6 Å². The maximum Gasteiger partial charge on any atom is 0.416 e. The Morgan fingerprint density at radius 3 is 2.61 bits per heavy atom. The van der Waals surface area contributed by atoms with Gasteiger partial charge in [0.15, 0.2) is 5.96 Å². The molecule has 1 fully saturated rings. The molecular weight excluding hydrogens is 303 g/mol. The molecule has 1 aliphatic carbocycles. The number of likely N-dealkylation sites (N-methyl/N-ethyl adjacent to an activating group) is 1. The maximum atomic E-state index is 13.0. The third kappa shape index (κ3) is 3.31. The molecule has 1 heterocycles. The number of hydrogen-bond acceptors (Lipinski definition) is 3. The van der Waals surface area contributed by atoms with Gasteiger partial charge in [0.1, 0.15) is 0 Å². The summed E-state index contributed by atoms with van der Waals surface area (Å²) >= 11 is 0. The van der Waals surface area contributed by atoms with E-state index in [0.29, 0.717) is 6.54 Å². The average Bonchev–Trinajstić information content (AvgIpc) is 3.14. The van der Waals surface area contributed by atoms with Crippen molar-refractivity contribution in [3.8, 4) is 0 Å². The lowest BCUT2D eigenvalue weighted by molar-refractivity contribution is -0.137. The second-order valence-corrected chi connectivity index (χ2v) is 6.55. The SMILES string of the molecule is CN1CCN=C1NCC1(c2cccc(C(F)(F)F)c2)CCCC1. The first-order chi connectivity index (χ1) is 10.9. The van der Waals surface area contributed by atoms with Crippen LogP contribution in [0.5, 0.6) is 0 Å². The predicted molar refractivity (Wildman–Crippen MR) is 84.5 cm³/mol. The van der Waals surface area contributed by atoms with Crippen LogP contribution in [0.4, 0.5) is 13.2 Å². The van der Waals surface area contributed by atoms with Crippen LogP contribution in [0.25, 0.3) is 0 Å². The number of benzene rings is 1. The molecule has 126 valence electrons. The molecule has 2 aliphatic rings. The molecule has 1 N–H and O–H groups in total. The Bertz CT molecular complexity index is 589. The van der Waals surface area contributed by atoms with Gasteiger partial charge in [-0.3, -0.25) is 4.99 Å². The zero-order chi connectivity index (χ0) is 16.5. The van der Waals surface area contributed by atoms with Crippen molar-refractivity contribution in [1.82, 2.24) is 10.2 Å². The third-order valence-electron chi connectivity index (χ3n) is 5.01. The van der Waals surface area contributed by atoms with Crippen molar-refractivity contribution >= 4 is 5.96 Å². The van der Waals surface area contributed by atoms with E-state index in [1.807, 2.05) is 13.1 Å². The molecule has 1 aliphatic heterocycles. The molecule has 0 unspecified atom stereocenters. The molecule has 0 aromatic heterocycles. The first-order valence-corrected chi connectivity index (χ1v) is 8.08. The van der Waals surface area contributed by atoms with Gasteiger partial charge < -0.3 is 10.2 Å². The van der Waals surface area contributed by atoms with Gasteiger partial charge in [-0.1, -0.05) is 31.0 Å². The molecular formula is C17H22F3N3. The highest BCUT2D eigenvalue weighted by molar-refractivity contribution is 5.81. The lowest BCUT2D eigenvalue weighted by Gasteiger charge is -2.32. The summed E-state index contributed by atoms with van der Waals surface area (Å²) < 4.78 is 39.1. The quantitative estimate of drug-likeness (QED) is 0.922. The predicted octanol–water partition coefficient (Wildman–Crippen LogP) is 3.41. The summed E-state index contributed by atoms with van der Waals surface area (Å²) in [6, 6.07) is 5.83. The summed E-state index contributed by atoms with van der Waals surface area (Å²) in [5, 5.41) is 3.37. The van der Waals surface area contributed by atoms with Crippen molar-refractivity contribution in [2.75, 3.05) is 26.7 Å². The van der Waals surface area contributed by atoms with Crippen molar-refractivity contribution in [3.63, 3.8) is 0 Å². The highest BCUT2D eigenvalue weighted by atomic mass is 19.4. The van der Waals surface area contributed by atoms with Gasteiger partial charge in [-0.05, 0) is 24.5 Å². The number of nitrogens with zero attached hydrogens (tertiary/aromatic N) is 2. The Labute approximate surface area is 134 Å². The van der Waals surface area contributed by atoms with E-state index in [9.17, 15) is 13.2 Å². The van der Waals surface area contributed by atoms with Crippen molar-refractivity contribution < 1.29 is 13.2 Å². The van der Waals surface area contributed by atoms with Crippen LogP contribution in [0.1, 0.15) is 36.8 Å². The second-order valence-electron chi connectivity index (χ2n) is 6.55. The summed E-state index contributed by atoms with van der Waals surface area (Å²) in [4.78, 5) is 6.46. The van der Waals surface area contributed by atoms with Gasteiger partial charge >= 0.3 is 6.18 Å². The summed E-state index contributed by atoms with van der Waals surface area (Å²) in [6.45, 7) is 2.30. The number of nitrogens with one attached hydrogen (secondary N) is 1. The molecule has 0 amide bonds. The van der Waals surface area contributed by atoms with Crippen molar-refractivity contribution in [3.05, 3.63) is 35.4 Å². The minimum absolute atomic E-state index is 0.229.